The summed E-state index contributed by atoms with van der Waals surface area (Å²) in [6, 6.07) is 13.9. The Balaban J connectivity index is 1.61. The van der Waals surface area contributed by atoms with Crippen LogP contribution in [-0.4, -0.2) is 72.6 Å². The van der Waals surface area contributed by atoms with Crippen LogP contribution >= 0.6 is 0 Å². The molecule has 1 fully saturated rings. The van der Waals surface area contributed by atoms with Crippen LogP contribution in [0.2, 0.25) is 0 Å². The molecule has 0 amide bonds. The van der Waals surface area contributed by atoms with Crippen LogP contribution in [0.15, 0.2) is 42.5 Å². The fourth-order valence-corrected chi connectivity index (χ4v) is 4.41. The molecule has 7 nitrogen and oxygen atoms in total. The second-order valence-corrected chi connectivity index (χ2v) is 8.55. The van der Waals surface area contributed by atoms with E-state index in [0.717, 1.165) is 48.5 Å². The number of carbonyl (C=O) groups excluding carboxylic acids is 1. The smallest absolute Gasteiger partial charge is 0.340 e. The maximum Gasteiger partial charge on any atom is 0.340 e. The topological polar surface area (TPSA) is 76.0 Å². The van der Waals surface area contributed by atoms with Crippen molar-refractivity contribution in [1.29, 1.82) is 0 Å². The number of nitrogens with zero attached hydrogens (tertiary/aromatic N) is 2. The Morgan fingerprint density at radius 1 is 1.12 bits per heavy atom. The maximum absolute atomic E-state index is 12.9. The molecular formula is C26H33N3O4. The van der Waals surface area contributed by atoms with Gasteiger partial charge in [0.2, 0.25) is 0 Å². The summed E-state index contributed by atoms with van der Waals surface area (Å²) in [4.78, 5) is 15.1. The van der Waals surface area contributed by atoms with Crippen LogP contribution in [-0.2, 0) is 4.74 Å². The predicted molar refractivity (Wildman–Crippen MR) is 130 cm³/mol. The van der Waals surface area contributed by atoms with Gasteiger partial charge in [0.15, 0.2) is 0 Å². The zero-order chi connectivity index (χ0) is 23.4. The number of aryl methyl sites for hydroxylation is 1. The molecular weight excluding hydrogens is 418 g/mol. The average Bonchev–Trinajstić information content (AvgIpc) is 3.10. The lowest BCUT2D eigenvalue weighted by molar-refractivity contribution is 0.0527. The van der Waals surface area contributed by atoms with Crippen LogP contribution in [0.4, 0.5) is 0 Å². The molecule has 0 aliphatic carbocycles. The summed E-state index contributed by atoms with van der Waals surface area (Å²) in [6.07, 6.45) is -0.581. The number of rotatable bonds is 8. The molecule has 0 saturated carbocycles. The molecule has 1 aromatic heterocycles. The SMILES string of the molecule is CCOC(=O)c1c(C)n(-c2ccc(C)cc2)c2ccc(OC[C@H](O)CN3CCNCC3)cc12. The van der Waals surface area contributed by atoms with Crippen molar-refractivity contribution < 1.29 is 19.4 Å². The van der Waals surface area contributed by atoms with Crippen LogP contribution in [0.5, 0.6) is 5.75 Å². The molecule has 0 unspecified atom stereocenters. The number of carbonyl (C=O) groups is 1. The normalized spacial score (nSPS) is 15.5. The lowest BCUT2D eigenvalue weighted by Gasteiger charge is -2.29. The zero-order valence-corrected chi connectivity index (χ0v) is 19.6. The van der Waals surface area contributed by atoms with Gasteiger partial charge in [0.25, 0.3) is 0 Å². The van der Waals surface area contributed by atoms with Gasteiger partial charge in [-0.05, 0) is 51.1 Å². The number of nitrogens with one attached hydrogen (secondary N) is 1. The van der Waals surface area contributed by atoms with E-state index in [1.54, 1.807) is 6.92 Å². The van der Waals surface area contributed by atoms with Crippen LogP contribution < -0.4 is 10.1 Å². The molecule has 2 heterocycles. The first-order valence-corrected chi connectivity index (χ1v) is 11.6. The van der Waals surface area contributed by atoms with Gasteiger partial charge in [-0.2, -0.15) is 0 Å². The second-order valence-electron chi connectivity index (χ2n) is 8.55. The highest BCUT2D eigenvalue weighted by Gasteiger charge is 2.23. The Bertz CT molecular complexity index is 1100. The van der Waals surface area contributed by atoms with Crippen molar-refractivity contribution in [2.45, 2.75) is 26.9 Å². The van der Waals surface area contributed by atoms with Gasteiger partial charge in [-0.25, -0.2) is 4.79 Å². The lowest BCUT2D eigenvalue weighted by atomic mass is 10.1. The van der Waals surface area contributed by atoms with Crippen LogP contribution in [0.1, 0.15) is 28.5 Å². The number of benzene rings is 2. The zero-order valence-electron chi connectivity index (χ0n) is 19.6. The molecule has 176 valence electrons. The lowest BCUT2D eigenvalue weighted by Crippen LogP contribution is -2.47. The Morgan fingerprint density at radius 2 is 1.85 bits per heavy atom. The first-order chi connectivity index (χ1) is 16.0. The molecule has 33 heavy (non-hydrogen) atoms. The minimum absolute atomic E-state index is 0.196. The van der Waals surface area contributed by atoms with E-state index in [2.05, 4.69) is 33.8 Å². The summed E-state index contributed by atoms with van der Waals surface area (Å²) in [5.41, 5.74) is 4.43. The van der Waals surface area contributed by atoms with Crippen LogP contribution in [0, 0.1) is 13.8 Å². The third-order valence-electron chi connectivity index (χ3n) is 6.07. The summed E-state index contributed by atoms with van der Waals surface area (Å²) in [7, 11) is 0. The number of β-amino-alcohol motifs (C(OH)–C–C–N with tert-alkyl or cyclic N) is 1. The van der Waals surface area contributed by atoms with E-state index in [9.17, 15) is 9.90 Å². The molecule has 1 saturated heterocycles. The van der Waals surface area contributed by atoms with Crippen LogP contribution in [0.25, 0.3) is 16.6 Å². The van der Waals surface area contributed by atoms with E-state index >= 15 is 0 Å². The number of ether oxygens (including phenoxy) is 2. The van der Waals surface area contributed by atoms with E-state index < -0.39 is 6.10 Å². The molecule has 1 aliphatic rings. The number of hydrogen-bond acceptors (Lipinski definition) is 6. The largest absolute Gasteiger partial charge is 0.491 e. The maximum atomic E-state index is 12.9. The molecule has 3 aromatic rings. The number of esters is 1. The second kappa shape index (κ2) is 10.4. The number of aliphatic hydroxyl groups excluding tert-OH is 1. The number of aromatic nitrogens is 1. The summed E-state index contributed by atoms with van der Waals surface area (Å²) in [6.45, 7) is 10.6. The molecule has 1 aliphatic heterocycles. The van der Waals surface area contributed by atoms with Gasteiger partial charge in [0.1, 0.15) is 18.5 Å². The van der Waals surface area contributed by atoms with Gasteiger partial charge >= 0.3 is 5.97 Å². The number of hydrogen-bond donors (Lipinski definition) is 2. The van der Waals surface area contributed by atoms with Crippen molar-refractivity contribution in [3.05, 3.63) is 59.3 Å². The number of piperazine rings is 1. The summed E-state index contributed by atoms with van der Waals surface area (Å²) >= 11 is 0. The van der Waals surface area contributed by atoms with Crippen molar-refractivity contribution in [2.75, 3.05) is 45.9 Å². The van der Waals surface area contributed by atoms with Gasteiger partial charge in [-0.3, -0.25) is 4.90 Å². The highest BCUT2D eigenvalue weighted by molar-refractivity contribution is 6.07. The van der Waals surface area contributed by atoms with E-state index in [-0.39, 0.29) is 12.6 Å². The first-order valence-electron chi connectivity index (χ1n) is 11.6. The van der Waals surface area contributed by atoms with Crippen molar-refractivity contribution in [2.24, 2.45) is 0 Å². The van der Waals surface area contributed by atoms with Crippen molar-refractivity contribution in [1.82, 2.24) is 14.8 Å². The molecule has 7 heteroatoms. The van der Waals surface area contributed by atoms with Crippen molar-refractivity contribution in [3.8, 4) is 11.4 Å². The van der Waals surface area contributed by atoms with E-state index in [1.807, 2.05) is 37.3 Å². The minimum atomic E-state index is -0.581. The van der Waals surface area contributed by atoms with Crippen molar-refractivity contribution in [3.63, 3.8) is 0 Å². The number of fused-ring (bicyclic) bond motifs is 1. The fourth-order valence-electron chi connectivity index (χ4n) is 4.41. The highest BCUT2D eigenvalue weighted by atomic mass is 16.5. The third kappa shape index (κ3) is 5.21. The molecule has 0 spiro atoms. The molecule has 2 aromatic carbocycles. The van der Waals surface area contributed by atoms with Gasteiger partial charge < -0.3 is 24.5 Å². The van der Waals surface area contributed by atoms with E-state index in [1.165, 1.54) is 5.56 Å². The predicted octanol–water partition coefficient (Wildman–Crippen LogP) is 3.07. The monoisotopic (exact) mass is 451 g/mol. The Morgan fingerprint density at radius 3 is 2.55 bits per heavy atom. The average molecular weight is 452 g/mol. The Labute approximate surface area is 194 Å². The van der Waals surface area contributed by atoms with Gasteiger partial charge in [0.05, 0.1) is 17.7 Å². The number of aliphatic hydroxyl groups is 1. The van der Waals surface area contributed by atoms with Gasteiger partial charge in [-0.15, -0.1) is 0 Å². The van der Waals surface area contributed by atoms with E-state index in [4.69, 9.17) is 9.47 Å². The highest BCUT2D eigenvalue weighted by Crippen LogP contribution is 2.32. The molecule has 2 N–H and O–H groups in total. The first kappa shape index (κ1) is 23.3. The molecule has 1 atom stereocenters. The molecule has 4 rings (SSSR count). The standard InChI is InChI=1S/C26H33N3O4/c1-4-32-26(31)25-19(3)29(20-7-5-18(2)6-8-20)24-10-9-22(15-23(24)25)33-17-21(30)16-28-13-11-27-12-14-28/h5-10,15,21,27,30H,4,11-14,16-17H2,1-3H3/t21-/m1/s1. The summed E-state index contributed by atoms with van der Waals surface area (Å²) < 4.78 is 13.4. The molecule has 0 bridgehead atoms. The van der Waals surface area contributed by atoms with Crippen molar-refractivity contribution >= 4 is 16.9 Å². The van der Waals surface area contributed by atoms with Gasteiger partial charge in [-0.1, -0.05) is 17.7 Å². The molecule has 0 radical (unpaired) electrons. The Kier molecular flexibility index (Phi) is 7.33. The summed E-state index contributed by atoms with van der Waals surface area (Å²) in [5.74, 6) is 0.273. The van der Waals surface area contributed by atoms with Crippen LogP contribution in [0.3, 0.4) is 0 Å². The fraction of sp³-hybridized carbons (Fsp3) is 0.423. The third-order valence-corrected chi connectivity index (χ3v) is 6.07. The van der Waals surface area contributed by atoms with Gasteiger partial charge in [0, 0.05) is 49.5 Å². The summed E-state index contributed by atoms with van der Waals surface area (Å²) in [5, 5.41) is 14.5. The quantitative estimate of drug-likeness (QED) is 0.513. The Hall–Kier alpha value is -2.87. The van der Waals surface area contributed by atoms with E-state index in [0.29, 0.717) is 24.5 Å². The minimum Gasteiger partial charge on any atom is -0.491 e.